The minimum absolute atomic E-state index is 0.112. The third-order valence-corrected chi connectivity index (χ3v) is 2.83. The topological polar surface area (TPSA) is 58.6 Å². The number of rotatable bonds is 4. The number of hydrogen-bond donors (Lipinski definition) is 2. The summed E-state index contributed by atoms with van der Waals surface area (Å²) in [4.78, 5) is 11.0. The highest BCUT2D eigenvalue weighted by Gasteiger charge is 2.27. The monoisotopic (exact) mass is 215 g/mol. The van der Waals surface area contributed by atoms with Crippen molar-refractivity contribution in [2.24, 2.45) is 5.92 Å². The van der Waals surface area contributed by atoms with Crippen LogP contribution < -0.4 is 5.32 Å². The average Bonchev–Trinajstić information content (AvgIpc) is 2.13. The van der Waals surface area contributed by atoms with Crippen molar-refractivity contribution in [3.63, 3.8) is 0 Å². The van der Waals surface area contributed by atoms with Gasteiger partial charge < -0.3 is 15.2 Å². The molecule has 3 unspecified atom stereocenters. The summed E-state index contributed by atoms with van der Waals surface area (Å²) >= 11 is 0. The lowest BCUT2D eigenvalue weighted by molar-refractivity contribution is -0.141. The van der Waals surface area contributed by atoms with Gasteiger partial charge in [-0.1, -0.05) is 13.8 Å². The zero-order valence-corrected chi connectivity index (χ0v) is 9.69. The lowest BCUT2D eigenvalue weighted by atomic mass is 9.99. The van der Waals surface area contributed by atoms with E-state index in [1.807, 2.05) is 20.8 Å². The maximum Gasteiger partial charge on any atom is 0.320 e. The van der Waals surface area contributed by atoms with E-state index < -0.39 is 12.0 Å². The van der Waals surface area contributed by atoms with Crippen LogP contribution in [0.2, 0.25) is 0 Å². The molecule has 4 heteroatoms. The van der Waals surface area contributed by atoms with Gasteiger partial charge in [-0.25, -0.2) is 0 Å². The first-order chi connectivity index (χ1) is 7.00. The van der Waals surface area contributed by atoms with Gasteiger partial charge in [-0.05, 0) is 25.7 Å². The fraction of sp³-hybridized carbons (Fsp3) is 0.909. The Labute approximate surface area is 91.0 Å². The molecule has 2 N–H and O–H groups in total. The van der Waals surface area contributed by atoms with Gasteiger partial charge in [-0.15, -0.1) is 0 Å². The van der Waals surface area contributed by atoms with E-state index in [4.69, 9.17) is 9.84 Å². The Morgan fingerprint density at radius 3 is 2.67 bits per heavy atom. The number of hydrogen-bond acceptors (Lipinski definition) is 3. The largest absolute Gasteiger partial charge is 0.480 e. The molecule has 0 aromatic rings. The van der Waals surface area contributed by atoms with Gasteiger partial charge in [0.15, 0.2) is 0 Å². The Morgan fingerprint density at radius 2 is 2.20 bits per heavy atom. The summed E-state index contributed by atoms with van der Waals surface area (Å²) in [5.41, 5.74) is 0. The van der Waals surface area contributed by atoms with Gasteiger partial charge in [0, 0.05) is 12.6 Å². The van der Waals surface area contributed by atoms with Crippen LogP contribution in [-0.2, 0) is 9.53 Å². The quantitative estimate of drug-likeness (QED) is 0.741. The Kier molecular flexibility index (Phi) is 4.54. The normalized spacial score (nSPS) is 29.1. The van der Waals surface area contributed by atoms with Crippen LogP contribution in [0, 0.1) is 5.92 Å². The van der Waals surface area contributed by atoms with Gasteiger partial charge in [0.25, 0.3) is 0 Å². The van der Waals surface area contributed by atoms with Crippen molar-refractivity contribution in [3.8, 4) is 0 Å². The Hall–Kier alpha value is -0.610. The third kappa shape index (κ3) is 3.80. The Bertz CT molecular complexity index is 218. The predicted molar refractivity (Wildman–Crippen MR) is 57.8 cm³/mol. The van der Waals surface area contributed by atoms with E-state index in [0.29, 0.717) is 0 Å². The molecule has 0 spiro atoms. The van der Waals surface area contributed by atoms with Gasteiger partial charge >= 0.3 is 5.97 Å². The van der Waals surface area contributed by atoms with Crippen LogP contribution in [0.15, 0.2) is 0 Å². The molecule has 1 saturated heterocycles. The fourth-order valence-electron chi connectivity index (χ4n) is 1.95. The first-order valence-corrected chi connectivity index (χ1v) is 5.61. The second-order valence-corrected chi connectivity index (χ2v) is 4.63. The molecule has 0 amide bonds. The Balaban J connectivity index is 2.46. The molecular weight excluding hydrogens is 194 g/mol. The maximum atomic E-state index is 11.0. The highest BCUT2D eigenvalue weighted by Crippen LogP contribution is 2.15. The molecule has 1 fully saturated rings. The average molecular weight is 215 g/mol. The number of carbonyl (C=O) groups is 1. The summed E-state index contributed by atoms with van der Waals surface area (Å²) < 4.78 is 5.42. The van der Waals surface area contributed by atoms with Gasteiger partial charge in [0.2, 0.25) is 0 Å². The van der Waals surface area contributed by atoms with Gasteiger partial charge in [-0.2, -0.15) is 0 Å². The zero-order chi connectivity index (χ0) is 11.4. The van der Waals surface area contributed by atoms with Crippen molar-refractivity contribution in [2.45, 2.75) is 51.8 Å². The molecule has 1 aliphatic rings. The van der Waals surface area contributed by atoms with Crippen LogP contribution in [0.5, 0.6) is 0 Å². The molecule has 0 aliphatic carbocycles. The van der Waals surface area contributed by atoms with E-state index >= 15 is 0 Å². The number of carboxylic acids is 1. The summed E-state index contributed by atoms with van der Waals surface area (Å²) in [5.74, 6) is -0.648. The zero-order valence-electron chi connectivity index (χ0n) is 9.69. The van der Waals surface area contributed by atoms with Crippen molar-refractivity contribution in [1.82, 2.24) is 5.32 Å². The summed E-state index contributed by atoms with van der Waals surface area (Å²) in [6.07, 6.45) is 2.04. The highest BCUT2D eigenvalue weighted by molar-refractivity contribution is 5.73. The van der Waals surface area contributed by atoms with Crippen LogP contribution in [0.1, 0.15) is 33.6 Å². The first-order valence-electron chi connectivity index (χ1n) is 5.61. The molecule has 4 nitrogen and oxygen atoms in total. The maximum absolute atomic E-state index is 11.0. The SMILES string of the molecule is CC1CC(NC(C(=O)O)C(C)C)CCO1. The molecule has 1 heterocycles. The second-order valence-electron chi connectivity index (χ2n) is 4.63. The van der Waals surface area contributed by atoms with E-state index in [2.05, 4.69) is 5.32 Å². The number of ether oxygens (including phenoxy) is 1. The van der Waals surface area contributed by atoms with Gasteiger partial charge in [0.05, 0.1) is 6.10 Å². The summed E-state index contributed by atoms with van der Waals surface area (Å²) in [7, 11) is 0. The van der Waals surface area contributed by atoms with Crippen molar-refractivity contribution in [2.75, 3.05) is 6.61 Å². The Morgan fingerprint density at radius 1 is 1.53 bits per heavy atom. The summed E-state index contributed by atoms with van der Waals surface area (Å²) in [5, 5.41) is 12.3. The minimum atomic E-state index is -0.760. The van der Waals surface area contributed by atoms with Crippen LogP contribution in [0.3, 0.4) is 0 Å². The lowest BCUT2D eigenvalue weighted by Crippen LogP contribution is -2.49. The van der Waals surface area contributed by atoms with Crippen LogP contribution in [-0.4, -0.2) is 35.9 Å². The van der Waals surface area contributed by atoms with E-state index in [-0.39, 0.29) is 18.1 Å². The molecule has 88 valence electrons. The lowest BCUT2D eigenvalue weighted by Gasteiger charge is -2.31. The summed E-state index contributed by atoms with van der Waals surface area (Å²) in [6.45, 7) is 6.60. The summed E-state index contributed by atoms with van der Waals surface area (Å²) in [6, 6.07) is -0.169. The molecule has 3 atom stereocenters. The highest BCUT2D eigenvalue weighted by atomic mass is 16.5. The smallest absolute Gasteiger partial charge is 0.320 e. The fourth-order valence-corrected chi connectivity index (χ4v) is 1.95. The second kappa shape index (κ2) is 5.47. The number of aliphatic carboxylic acids is 1. The van der Waals surface area contributed by atoms with Crippen LogP contribution in [0.4, 0.5) is 0 Å². The van der Waals surface area contributed by atoms with E-state index in [1.165, 1.54) is 0 Å². The van der Waals surface area contributed by atoms with Crippen LogP contribution >= 0.6 is 0 Å². The minimum Gasteiger partial charge on any atom is -0.480 e. The molecule has 0 saturated carbocycles. The van der Waals surface area contributed by atoms with E-state index in [0.717, 1.165) is 19.4 Å². The van der Waals surface area contributed by atoms with Gasteiger partial charge in [-0.3, -0.25) is 4.79 Å². The molecule has 0 radical (unpaired) electrons. The molecule has 0 aromatic heterocycles. The van der Waals surface area contributed by atoms with Gasteiger partial charge in [0.1, 0.15) is 6.04 Å². The molecule has 0 bridgehead atoms. The third-order valence-electron chi connectivity index (χ3n) is 2.83. The number of nitrogens with one attached hydrogen (secondary N) is 1. The van der Waals surface area contributed by atoms with Crippen LogP contribution in [0.25, 0.3) is 0 Å². The molecular formula is C11H21NO3. The standard InChI is InChI=1S/C11H21NO3/c1-7(2)10(11(13)14)12-9-4-5-15-8(3)6-9/h7-10,12H,4-6H2,1-3H3,(H,13,14). The molecule has 1 rings (SSSR count). The molecule has 15 heavy (non-hydrogen) atoms. The number of carboxylic acid groups (broad SMARTS) is 1. The van der Waals surface area contributed by atoms with Crippen molar-refractivity contribution in [3.05, 3.63) is 0 Å². The van der Waals surface area contributed by atoms with E-state index in [9.17, 15) is 4.79 Å². The van der Waals surface area contributed by atoms with E-state index in [1.54, 1.807) is 0 Å². The molecule has 0 aromatic carbocycles. The molecule has 1 aliphatic heterocycles. The van der Waals surface area contributed by atoms with Crippen molar-refractivity contribution in [1.29, 1.82) is 0 Å². The first kappa shape index (κ1) is 12.5. The predicted octanol–water partition coefficient (Wildman–Crippen LogP) is 1.25. The van der Waals surface area contributed by atoms with Crippen molar-refractivity contribution >= 4 is 5.97 Å². The van der Waals surface area contributed by atoms with Crippen molar-refractivity contribution < 1.29 is 14.6 Å².